The topological polar surface area (TPSA) is 75.9 Å². The highest BCUT2D eigenvalue weighted by molar-refractivity contribution is 7.07. The quantitative estimate of drug-likeness (QED) is 0.492. The number of thiazole rings is 1. The van der Waals surface area contributed by atoms with Crippen LogP contribution in [0, 0.1) is 18.3 Å². The fourth-order valence-corrected chi connectivity index (χ4v) is 8.42. The molecule has 3 saturated carbocycles. The highest BCUT2D eigenvalue weighted by Gasteiger charge is 2.69. The van der Waals surface area contributed by atoms with Crippen molar-refractivity contribution in [3.63, 3.8) is 0 Å². The molecule has 2 aromatic rings. The first-order valence-corrected chi connectivity index (χ1v) is 14.9. The van der Waals surface area contributed by atoms with Crippen LogP contribution in [0.3, 0.4) is 0 Å². The van der Waals surface area contributed by atoms with Gasteiger partial charge < -0.3 is 9.88 Å². The predicted octanol–water partition coefficient (Wildman–Crippen LogP) is 5.41. The van der Waals surface area contributed by atoms with Crippen molar-refractivity contribution in [3.05, 3.63) is 28.2 Å². The van der Waals surface area contributed by atoms with E-state index in [-0.39, 0.29) is 43.6 Å². The minimum Gasteiger partial charge on any atom is -0.347 e. The molecule has 4 fully saturated rings. The Kier molecular flexibility index (Phi) is 6.41. The first-order chi connectivity index (χ1) is 17.7. The zero-order valence-corrected chi connectivity index (χ0v) is 22.8. The average Bonchev–Trinajstić information content (AvgIpc) is 3.58. The Labute approximate surface area is 221 Å². The van der Waals surface area contributed by atoms with E-state index in [1.165, 1.54) is 30.6 Å². The van der Waals surface area contributed by atoms with Gasteiger partial charge in [0.05, 0.1) is 17.2 Å². The molecule has 2 aromatic heterocycles. The van der Waals surface area contributed by atoms with Crippen molar-refractivity contribution >= 4 is 17.2 Å². The molecule has 37 heavy (non-hydrogen) atoms. The van der Waals surface area contributed by atoms with E-state index in [2.05, 4.69) is 50.7 Å². The monoisotopic (exact) mass is 532 g/mol. The normalized spacial score (nSPS) is 31.9. The number of alkyl halides is 2. The van der Waals surface area contributed by atoms with Gasteiger partial charge >= 0.3 is 0 Å². The fraction of sp³-hybridized carbons (Fsp3) is 0.778. The summed E-state index contributed by atoms with van der Waals surface area (Å²) in [5, 5.41) is 14.1. The summed E-state index contributed by atoms with van der Waals surface area (Å²) in [6, 6.07) is 1.45. The molecule has 0 bridgehead atoms. The number of rotatable bonds is 8. The molecule has 4 aliphatic rings. The Bertz CT molecular complexity index is 1130. The second kappa shape index (κ2) is 9.36. The number of halogens is 2. The summed E-state index contributed by atoms with van der Waals surface area (Å²) in [5.74, 6) is -0.599. The Morgan fingerprint density at radius 2 is 1.97 bits per heavy atom. The van der Waals surface area contributed by atoms with Crippen molar-refractivity contribution in [2.24, 2.45) is 11.3 Å². The van der Waals surface area contributed by atoms with E-state index < -0.39 is 5.92 Å². The number of hydrogen-bond donors (Lipinski definition) is 1. The van der Waals surface area contributed by atoms with Crippen LogP contribution in [0.15, 0.2) is 10.9 Å². The summed E-state index contributed by atoms with van der Waals surface area (Å²) in [7, 11) is 0. The Hall–Kier alpha value is -1.94. The van der Waals surface area contributed by atoms with Gasteiger partial charge in [-0.25, -0.2) is 13.8 Å². The van der Waals surface area contributed by atoms with Crippen LogP contribution >= 0.6 is 11.3 Å². The number of carbonyl (C=O) groups excluding carboxylic acids is 1. The van der Waals surface area contributed by atoms with Gasteiger partial charge in [0.25, 0.3) is 0 Å². The molecule has 10 heteroatoms. The van der Waals surface area contributed by atoms with Crippen LogP contribution in [-0.4, -0.2) is 55.1 Å². The van der Waals surface area contributed by atoms with Crippen molar-refractivity contribution in [1.82, 2.24) is 30.0 Å². The SMILES string of the molecule is Cc1nnc(C(C)C)n1C1CC2N(CC[C@H](NC(=O)C3CCC(F)(F)CC3)c3cscn3)C3CCC32C1. The zero-order chi connectivity index (χ0) is 25.9. The largest absolute Gasteiger partial charge is 0.347 e. The predicted molar refractivity (Wildman–Crippen MR) is 138 cm³/mol. The lowest BCUT2D eigenvalue weighted by Crippen LogP contribution is -2.74. The first-order valence-electron chi connectivity index (χ1n) is 13.9. The maximum Gasteiger partial charge on any atom is 0.248 e. The third-order valence-electron chi connectivity index (χ3n) is 9.79. The van der Waals surface area contributed by atoms with Gasteiger partial charge in [-0.3, -0.25) is 9.69 Å². The Morgan fingerprint density at radius 1 is 1.19 bits per heavy atom. The summed E-state index contributed by atoms with van der Waals surface area (Å²) in [4.78, 5) is 20.2. The highest BCUT2D eigenvalue weighted by Crippen LogP contribution is 2.67. The standard InChI is InChI=1S/C27H38F2N6OS/c1-16(2)24-33-32-17(3)35(24)19-12-23-26(13-19)8-6-22(26)34(23)11-7-20(21-14-37-15-30-21)31-25(36)18-4-9-27(28,29)10-5-18/h14-16,18-20,22-23H,4-13H2,1-3H3,(H,31,36)/t19?,20-,22?,23?,26?/m0/s1. The second-order valence-corrected chi connectivity index (χ2v) is 12.9. The maximum absolute atomic E-state index is 13.6. The Balaban J connectivity index is 1.12. The van der Waals surface area contributed by atoms with Crippen LogP contribution in [0.5, 0.6) is 0 Å². The molecule has 1 spiro atoms. The lowest BCUT2D eigenvalue weighted by Gasteiger charge is -2.68. The van der Waals surface area contributed by atoms with Crippen molar-refractivity contribution in [1.29, 1.82) is 0 Å². The van der Waals surface area contributed by atoms with Crippen LogP contribution in [0.25, 0.3) is 0 Å². The van der Waals surface area contributed by atoms with Gasteiger partial charge in [-0.05, 0) is 51.9 Å². The summed E-state index contributed by atoms with van der Waals surface area (Å²) in [6.07, 6.45) is 5.77. The molecule has 1 N–H and O–H groups in total. The molecule has 1 saturated heterocycles. The molecule has 3 aliphatic carbocycles. The molecular weight excluding hydrogens is 494 g/mol. The minimum atomic E-state index is -2.63. The summed E-state index contributed by atoms with van der Waals surface area (Å²) in [6.45, 7) is 7.35. The van der Waals surface area contributed by atoms with Gasteiger partial charge in [-0.15, -0.1) is 21.5 Å². The van der Waals surface area contributed by atoms with Crippen LogP contribution in [-0.2, 0) is 4.79 Å². The number of aryl methyl sites for hydroxylation is 1. The lowest BCUT2D eigenvalue weighted by atomic mass is 9.53. The summed E-state index contributed by atoms with van der Waals surface area (Å²) in [5.41, 5.74) is 3.10. The molecule has 7 nitrogen and oxygen atoms in total. The van der Waals surface area contributed by atoms with E-state index in [1.54, 1.807) is 5.51 Å². The van der Waals surface area contributed by atoms with E-state index in [4.69, 9.17) is 0 Å². The van der Waals surface area contributed by atoms with Crippen LogP contribution in [0.1, 0.15) is 107 Å². The lowest BCUT2D eigenvalue weighted by molar-refractivity contribution is -0.188. The summed E-state index contributed by atoms with van der Waals surface area (Å²) >= 11 is 1.52. The van der Waals surface area contributed by atoms with Crippen LogP contribution < -0.4 is 5.32 Å². The fourth-order valence-electron chi connectivity index (χ4n) is 7.82. The molecule has 202 valence electrons. The molecule has 3 heterocycles. The summed E-state index contributed by atoms with van der Waals surface area (Å²) < 4.78 is 29.6. The number of amides is 1. The smallest absolute Gasteiger partial charge is 0.248 e. The molecular formula is C27H38F2N6OS. The van der Waals surface area contributed by atoms with Gasteiger partial charge in [-0.2, -0.15) is 0 Å². The highest BCUT2D eigenvalue weighted by atomic mass is 32.1. The van der Waals surface area contributed by atoms with Gasteiger partial charge in [0.1, 0.15) is 11.6 Å². The number of likely N-dealkylation sites (tertiary alicyclic amines) is 1. The van der Waals surface area contributed by atoms with Crippen molar-refractivity contribution in [2.45, 2.75) is 115 Å². The number of hydrogen-bond acceptors (Lipinski definition) is 6. The Morgan fingerprint density at radius 3 is 2.62 bits per heavy atom. The number of nitrogens with one attached hydrogen (secondary N) is 1. The van der Waals surface area contributed by atoms with Gasteiger partial charge in [-0.1, -0.05) is 13.8 Å². The number of nitrogens with zero attached hydrogens (tertiary/aromatic N) is 5. The second-order valence-electron chi connectivity index (χ2n) is 12.2. The third kappa shape index (κ3) is 4.32. The van der Waals surface area contributed by atoms with E-state index in [0.717, 1.165) is 36.7 Å². The van der Waals surface area contributed by atoms with Crippen LogP contribution in [0.2, 0.25) is 0 Å². The average molecular weight is 533 g/mol. The molecule has 4 unspecified atom stereocenters. The molecule has 1 aliphatic heterocycles. The van der Waals surface area contributed by atoms with E-state index in [9.17, 15) is 13.6 Å². The third-order valence-corrected chi connectivity index (χ3v) is 10.4. The number of piperidine rings is 1. The van der Waals surface area contributed by atoms with Crippen molar-refractivity contribution in [2.75, 3.05) is 6.54 Å². The van der Waals surface area contributed by atoms with Crippen LogP contribution in [0.4, 0.5) is 8.78 Å². The van der Waals surface area contributed by atoms with E-state index in [0.29, 0.717) is 29.5 Å². The first kappa shape index (κ1) is 25.3. The van der Waals surface area contributed by atoms with Crippen molar-refractivity contribution in [3.8, 4) is 0 Å². The van der Waals surface area contributed by atoms with E-state index >= 15 is 0 Å². The maximum atomic E-state index is 13.6. The zero-order valence-electron chi connectivity index (χ0n) is 22.0. The molecule has 6 rings (SSSR count). The molecule has 1 amide bonds. The van der Waals surface area contributed by atoms with Gasteiger partial charge in [0.2, 0.25) is 11.8 Å². The van der Waals surface area contributed by atoms with Gasteiger partial charge in [0.15, 0.2) is 0 Å². The molecule has 5 atom stereocenters. The van der Waals surface area contributed by atoms with E-state index in [1.807, 2.05) is 5.38 Å². The number of aromatic nitrogens is 4. The number of carbonyl (C=O) groups is 1. The molecule has 0 radical (unpaired) electrons. The minimum absolute atomic E-state index is 0.0969. The van der Waals surface area contributed by atoms with Crippen molar-refractivity contribution < 1.29 is 13.6 Å². The molecule has 0 aromatic carbocycles. The van der Waals surface area contributed by atoms with Gasteiger partial charge in [0, 0.05) is 60.1 Å².